The van der Waals surface area contributed by atoms with Gasteiger partial charge in [0.2, 0.25) is 0 Å². The molecule has 8 aromatic rings. The molecule has 0 fully saturated rings. The van der Waals surface area contributed by atoms with Gasteiger partial charge in [0, 0.05) is 38.2 Å². The van der Waals surface area contributed by atoms with E-state index in [1.807, 2.05) is 18.2 Å². The molecule has 0 aromatic heterocycles. The minimum absolute atomic E-state index is 0.440. The normalized spacial score (nSPS) is 11.2. The summed E-state index contributed by atoms with van der Waals surface area (Å²) < 4.78 is 20.4. The van der Waals surface area contributed by atoms with Crippen LogP contribution in [0, 0.1) is 6.92 Å². The van der Waals surface area contributed by atoms with E-state index in [0.717, 1.165) is 82.9 Å². The van der Waals surface area contributed by atoms with Crippen LogP contribution in [0.4, 0.5) is 0 Å². The van der Waals surface area contributed by atoms with Crippen LogP contribution in [0.5, 0.6) is 17.2 Å². The Balaban J connectivity index is 1.39. The molecule has 0 bridgehead atoms. The molecule has 0 heterocycles. The third-order valence-corrected chi connectivity index (χ3v) is 9.17. The van der Waals surface area contributed by atoms with Gasteiger partial charge in [-0.25, -0.2) is 0 Å². The van der Waals surface area contributed by atoms with Crippen molar-refractivity contribution < 1.29 is 14.2 Å². The molecular formula is C46H36O3. The SMILES string of the molecule is Cc1c(-c2c3ccccc3c(OCc3ccccc3)c3ccccc23)c(OCc2ccccc2)c2ccccc2c1OCc1ccccc1. The maximum atomic E-state index is 6.94. The molecule has 3 heteroatoms. The Morgan fingerprint density at radius 2 is 0.612 bits per heavy atom. The highest BCUT2D eigenvalue weighted by Gasteiger charge is 2.25. The Morgan fingerprint density at radius 3 is 1.04 bits per heavy atom. The molecule has 0 aliphatic heterocycles. The van der Waals surface area contributed by atoms with E-state index in [4.69, 9.17) is 14.2 Å². The van der Waals surface area contributed by atoms with Crippen molar-refractivity contribution >= 4 is 32.3 Å². The van der Waals surface area contributed by atoms with Gasteiger partial charge in [0.05, 0.1) is 0 Å². The molecule has 0 radical (unpaired) electrons. The summed E-state index contributed by atoms with van der Waals surface area (Å²) in [4.78, 5) is 0. The highest BCUT2D eigenvalue weighted by atomic mass is 16.5. The van der Waals surface area contributed by atoms with Crippen LogP contribution in [0.2, 0.25) is 0 Å². The van der Waals surface area contributed by atoms with E-state index in [9.17, 15) is 0 Å². The van der Waals surface area contributed by atoms with Crippen molar-refractivity contribution in [3.05, 3.63) is 186 Å². The molecule has 0 amide bonds. The zero-order valence-corrected chi connectivity index (χ0v) is 27.4. The summed E-state index contributed by atoms with van der Waals surface area (Å²) in [7, 11) is 0. The van der Waals surface area contributed by atoms with Crippen LogP contribution in [-0.2, 0) is 19.8 Å². The van der Waals surface area contributed by atoms with Gasteiger partial charge in [0.25, 0.3) is 0 Å². The first-order valence-electron chi connectivity index (χ1n) is 16.8. The summed E-state index contributed by atoms with van der Waals surface area (Å²) >= 11 is 0. The minimum atomic E-state index is 0.440. The first-order valence-corrected chi connectivity index (χ1v) is 16.8. The number of hydrogen-bond donors (Lipinski definition) is 0. The third-order valence-electron chi connectivity index (χ3n) is 9.17. The number of rotatable bonds is 10. The van der Waals surface area contributed by atoms with Crippen molar-refractivity contribution in [3.8, 4) is 28.4 Å². The summed E-state index contributed by atoms with van der Waals surface area (Å²) in [5.74, 6) is 2.58. The van der Waals surface area contributed by atoms with Gasteiger partial charge in [-0.05, 0) is 34.4 Å². The second-order valence-electron chi connectivity index (χ2n) is 12.3. The maximum Gasteiger partial charge on any atom is 0.136 e. The van der Waals surface area contributed by atoms with Gasteiger partial charge in [-0.15, -0.1) is 0 Å². The average molecular weight is 637 g/mol. The lowest BCUT2D eigenvalue weighted by atomic mass is 9.86. The van der Waals surface area contributed by atoms with Crippen LogP contribution in [0.15, 0.2) is 164 Å². The van der Waals surface area contributed by atoms with E-state index >= 15 is 0 Å². The number of benzene rings is 8. The lowest BCUT2D eigenvalue weighted by Gasteiger charge is -2.24. The Kier molecular flexibility index (Phi) is 8.39. The van der Waals surface area contributed by atoms with E-state index in [-0.39, 0.29) is 0 Å². The topological polar surface area (TPSA) is 27.7 Å². The van der Waals surface area contributed by atoms with Crippen LogP contribution < -0.4 is 14.2 Å². The molecule has 8 rings (SSSR count). The van der Waals surface area contributed by atoms with Gasteiger partial charge in [-0.3, -0.25) is 0 Å². The molecule has 0 aliphatic rings. The van der Waals surface area contributed by atoms with Crippen molar-refractivity contribution in [2.75, 3.05) is 0 Å². The Labute approximate surface area is 287 Å². The Bertz CT molecular complexity index is 2330. The largest absolute Gasteiger partial charge is 0.488 e. The van der Waals surface area contributed by atoms with Crippen LogP contribution >= 0.6 is 0 Å². The summed E-state index contributed by atoms with van der Waals surface area (Å²) in [6.07, 6.45) is 0. The lowest BCUT2D eigenvalue weighted by Crippen LogP contribution is -2.04. The molecule has 0 unspecified atom stereocenters. The van der Waals surface area contributed by atoms with Crippen LogP contribution in [0.3, 0.4) is 0 Å². The summed E-state index contributed by atoms with van der Waals surface area (Å²) in [5, 5.41) is 6.35. The van der Waals surface area contributed by atoms with Gasteiger partial charge in [0.15, 0.2) is 0 Å². The van der Waals surface area contributed by atoms with Crippen LogP contribution in [0.25, 0.3) is 43.4 Å². The van der Waals surface area contributed by atoms with Gasteiger partial charge in [-0.2, -0.15) is 0 Å². The van der Waals surface area contributed by atoms with Crippen molar-refractivity contribution in [2.45, 2.75) is 26.7 Å². The van der Waals surface area contributed by atoms with Gasteiger partial charge >= 0.3 is 0 Å². The van der Waals surface area contributed by atoms with Crippen molar-refractivity contribution in [3.63, 3.8) is 0 Å². The van der Waals surface area contributed by atoms with Gasteiger partial charge in [0.1, 0.15) is 37.1 Å². The van der Waals surface area contributed by atoms with E-state index in [1.54, 1.807) is 0 Å². The fourth-order valence-electron chi connectivity index (χ4n) is 6.84. The summed E-state index contributed by atoms with van der Waals surface area (Å²) in [6.45, 7) is 3.55. The van der Waals surface area contributed by atoms with Gasteiger partial charge < -0.3 is 14.2 Å². The van der Waals surface area contributed by atoms with Crippen LogP contribution in [-0.4, -0.2) is 0 Å². The maximum absolute atomic E-state index is 6.94. The standard InChI is InChI=1S/C46H36O3/c1-32-42(43-36-23-11-13-25-38(36)45(39-26-14-12-24-37(39)43)48-30-34-19-7-3-8-20-34)46(49-31-35-21-9-4-10-22-35)41-28-16-15-27-40(41)44(32)47-29-33-17-5-2-6-18-33/h2-28H,29-31H2,1H3. The molecule has 8 aromatic carbocycles. The molecule has 0 saturated carbocycles. The van der Waals surface area contributed by atoms with Crippen LogP contribution in [0.1, 0.15) is 22.3 Å². The number of fused-ring (bicyclic) bond motifs is 3. The summed E-state index contributed by atoms with van der Waals surface area (Å²) in [6, 6.07) is 56.6. The molecule has 0 saturated heterocycles. The monoisotopic (exact) mass is 636 g/mol. The quantitative estimate of drug-likeness (QED) is 0.140. The fourth-order valence-corrected chi connectivity index (χ4v) is 6.84. The van der Waals surface area contributed by atoms with E-state index in [0.29, 0.717) is 19.8 Å². The number of hydrogen-bond acceptors (Lipinski definition) is 3. The van der Waals surface area contributed by atoms with E-state index in [2.05, 4.69) is 153 Å². The Hall–Kier alpha value is -6.06. The second-order valence-corrected chi connectivity index (χ2v) is 12.3. The molecule has 0 aliphatic carbocycles. The highest BCUT2D eigenvalue weighted by molar-refractivity contribution is 6.19. The second kappa shape index (κ2) is 13.6. The highest BCUT2D eigenvalue weighted by Crippen LogP contribution is 2.52. The first kappa shape index (κ1) is 30.3. The molecule has 238 valence electrons. The predicted octanol–water partition coefficient (Wildman–Crippen LogP) is 11.9. The average Bonchev–Trinajstić information content (AvgIpc) is 3.17. The molecular weight excluding hydrogens is 601 g/mol. The first-order chi connectivity index (χ1) is 24.3. The Morgan fingerprint density at radius 1 is 0.306 bits per heavy atom. The number of ether oxygens (including phenoxy) is 3. The fraction of sp³-hybridized carbons (Fsp3) is 0.0870. The molecule has 3 nitrogen and oxygen atoms in total. The van der Waals surface area contributed by atoms with Crippen molar-refractivity contribution in [1.82, 2.24) is 0 Å². The predicted molar refractivity (Wildman–Crippen MR) is 201 cm³/mol. The third kappa shape index (κ3) is 5.96. The smallest absolute Gasteiger partial charge is 0.136 e. The molecule has 0 atom stereocenters. The lowest BCUT2D eigenvalue weighted by molar-refractivity contribution is 0.302. The molecule has 0 N–H and O–H groups in total. The van der Waals surface area contributed by atoms with Crippen molar-refractivity contribution in [1.29, 1.82) is 0 Å². The zero-order valence-electron chi connectivity index (χ0n) is 27.4. The van der Waals surface area contributed by atoms with Crippen molar-refractivity contribution in [2.24, 2.45) is 0 Å². The zero-order chi connectivity index (χ0) is 33.0. The van der Waals surface area contributed by atoms with E-state index in [1.165, 1.54) is 0 Å². The molecule has 0 spiro atoms. The molecule has 49 heavy (non-hydrogen) atoms. The van der Waals surface area contributed by atoms with Gasteiger partial charge in [-0.1, -0.05) is 164 Å². The summed E-state index contributed by atoms with van der Waals surface area (Å²) in [5.41, 5.74) is 6.52. The minimum Gasteiger partial charge on any atom is -0.488 e. The van der Waals surface area contributed by atoms with E-state index < -0.39 is 0 Å².